The van der Waals surface area contributed by atoms with Crippen LogP contribution in [0.3, 0.4) is 0 Å². The molecule has 0 aromatic heterocycles. The first-order valence-corrected chi connectivity index (χ1v) is 8.21. The molecule has 2 aromatic rings. The molecule has 0 fully saturated rings. The summed E-state index contributed by atoms with van der Waals surface area (Å²) in [7, 11) is 0. The molecule has 0 saturated carbocycles. The topological polar surface area (TPSA) is 0 Å². The highest BCUT2D eigenvalue weighted by atomic mass is 14.3. The first-order chi connectivity index (χ1) is 10.1. The predicted octanol–water partition coefficient (Wildman–Crippen LogP) is 6.23. The molecule has 0 N–H and O–H groups in total. The minimum atomic E-state index is 0.180. The minimum Gasteiger partial charge on any atom is -0.0582 e. The molecule has 1 aliphatic rings. The Kier molecular flexibility index (Phi) is 3.29. The van der Waals surface area contributed by atoms with Gasteiger partial charge in [-0.3, -0.25) is 0 Å². The third kappa shape index (κ3) is 2.39. The summed E-state index contributed by atoms with van der Waals surface area (Å²) in [4.78, 5) is 0. The Balaban J connectivity index is 2.17. The predicted molar refractivity (Wildman–Crippen MR) is 96.5 cm³/mol. The molecule has 0 heterocycles. The smallest absolute Gasteiger partial charge is 0.0102 e. The lowest BCUT2D eigenvalue weighted by molar-refractivity contribution is 0.589. The van der Waals surface area contributed by atoms with Crippen LogP contribution < -0.4 is 0 Å². The molecule has 1 unspecified atom stereocenters. The number of rotatable bonds is 0. The van der Waals surface area contributed by atoms with Crippen molar-refractivity contribution in [1.29, 1.82) is 0 Å². The maximum Gasteiger partial charge on any atom is 0.0102 e. The van der Waals surface area contributed by atoms with Gasteiger partial charge in [-0.25, -0.2) is 0 Å². The summed E-state index contributed by atoms with van der Waals surface area (Å²) in [5.74, 6) is 0.251. The fraction of sp³-hybridized carbons (Fsp3) is 0.409. The zero-order valence-electron chi connectivity index (χ0n) is 14.7. The Hall–Kier alpha value is -1.56. The molecule has 0 heteroatoms. The molecular formula is C22H27. The van der Waals surface area contributed by atoms with Gasteiger partial charge in [-0.2, -0.15) is 0 Å². The van der Waals surface area contributed by atoms with Crippen LogP contribution in [0.25, 0.3) is 11.1 Å². The summed E-state index contributed by atoms with van der Waals surface area (Å²) in [6.07, 6.45) is 0. The van der Waals surface area contributed by atoms with Gasteiger partial charge < -0.3 is 0 Å². The van der Waals surface area contributed by atoms with E-state index in [-0.39, 0.29) is 16.7 Å². The van der Waals surface area contributed by atoms with E-state index >= 15 is 0 Å². The molecule has 22 heavy (non-hydrogen) atoms. The van der Waals surface area contributed by atoms with Crippen molar-refractivity contribution in [3.05, 3.63) is 65.6 Å². The highest BCUT2D eigenvalue weighted by Gasteiger charge is 2.28. The van der Waals surface area contributed by atoms with Crippen LogP contribution in [0.1, 0.15) is 69.7 Å². The monoisotopic (exact) mass is 291 g/mol. The quantitative estimate of drug-likeness (QED) is 0.540. The maximum absolute atomic E-state index is 4.44. The van der Waals surface area contributed by atoms with Crippen LogP contribution in [0.2, 0.25) is 0 Å². The summed E-state index contributed by atoms with van der Waals surface area (Å²) in [6.45, 7) is 18.1. The Bertz CT molecular complexity index is 721. The summed E-state index contributed by atoms with van der Waals surface area (Å²) < 4.78 is 0. The van der Waals surface area contributed by atoms with Gasteiger partial charge in [0.05, 0.1) is 0 Å². The molecule has 0 spiro atoms. The molecule has 3 rings (SSSR count). The minimum absolute atomic E-state index is 0.180. The van der Waals surface area contributed by atoms with Crippen LogP contribution in [0.15, 0.2) is 36.4 Å². The second-order valence-corrected chi connectivity index (χ2v) is 8.66. The van der Waals surface area contributed by atoms with Crippen molar-refractivity contribution in [2.75, 3.05) is 0 Å². The van der Waals surface area contributed by atoms with Gasteiger partial charge >= 0.3 is 0 Å². The van der Waals surface area contributed by atoms with Crippen LogP contribution in [0.4, 0.5) is 0 Å². The van der Waals surface area contributed by atoms with E-state index in [0.717, 1.165) is 0 Å². The standard InChI is InChI=1S/C22H27/c1-14-17-10-8-16(22(5,6)7)13-20(17)18-11-9-15(12-19(14)18)21(2,3)4/h8-14H,1H2,2-7H3. The molecule has 1 atom stereocenters. The van der Waals surface area contributed by atoms with Gasteiger partial charge in [0.15, 0.2) is 0 Å². The van der Waals surface area contributed by atoms with Gasteiger partial charge in [0.2, 0.25) is 0 Å². The number of hydrogen-bond acceptors (Lipinski definition) is 0. The van der Waals surface area contributed by atoms with E-state index in [2.05, 4.69) is 84.9 Å². The number of fused-ring (bicyclic) bond motifs is 3. The molecule has 0 amide bonds. The first kappa shape index (κ1) is 15.3. The second-order valence-electron chi connectivity index (χ2n) is 8.66. The summed E-state index contributed by atoms with van der Waals surface area (Å²) in [6, 6.07) is 13.9. The van der Waals surface area contributed by atoms with Crippen molar-refractivity contribution in [2.45, 2.75) is 58.3 Å². The third-order valence-corrected chi connectivity index (χ3v) is 4.88. The fourth-order valence-corrected chi connectivity index (χ4v) is 3.29. The molecule has 1 radical (unpaired) electrons. The number of benzene rings is 2. The van der Waals surface area contributed by atoms with E-state index in [4.69, 9.17) is 0 Å². The summed E-state index contributed by atoms with van der Waals surface area (Å²) in [5, 5.41) is 0. The van der Waals surface area contributed by atoms with Gasteiger partial charge in [0.25, 0.3) is 0 Å². The van der Waals surface area contributed by atoms with E-state index in [0.29, 0.717) is 0 Å². The number of hydrogen-bond donors (Lipinski definition) is 0. The van der Waals surface area contributed by atoms with Gasteiger partial charge in [0.1, 0.15) is 0 Å². The van der Waals surface area contributed by atoms with Gasteiger partial charge in [-0.1, -0.05) is 77.9 Å². The van der Waals surface area contributed by atoms with Crippen molar-refractivity contribution in [1.82, 2.24) is 0 Å². The highest BCUT2D eigenvalue weighted by Crippen LogP contribution is 2.46. The van der Waals surface area contributed by atoms with Crippen molar-refractivity contribution >= 4 is 0 Å². The van der Waals surface area contributed by atoms with Crippen LogP contribution >= 0.6 is 0 Å². The Morgan fingerprint density at radius 2 is 1.23 bits per heavy atom. The van der Waals surface area contributed by atoms with Crippen molar-refractivity contribution in [3.63, 3.8) is 0 Å². The van der Waals surface area contributed by atoms with E-state index in [1.54, 1.807) is 0 Å². The fourth-order valence-electron chi connectivity index (χ4n) is 3.29. The van der Waals surface area contributed by atoms with E-state index in [9.17, 15) is 0 Å². The van der Waals surface area contributed by atoms with Gasteiger partial charge in [-0.05, 0) is 51.1 Å². The maximum atomic E-state index is 4.44. The molecule has 2 aromatic carbocycles. The SMILES string of the molecule is [CH2]C1c2ccc(C(C)(C)C)cc2-c2ccc(C(C)(C)C)cc21. The van der Waals surface area contributed by atoms with E-state index < -0.39 is 0 Å². The van der Waals surface area contributed by atoms with Crippen LogP contribution in [-0.4, -0.2) is 0 Å². The van der Waals surface area contributed by atoms with E-state index in [1.807, 2.05) is 0 Å². The van der Waals surface area contributed by atoms with Crippen LogP contribution in [0, 0.1) is 6.92 Å². The lowest BCUT2D eigenvalue weighted by atomic mass is 9.84. The summed E-state index contributed by atoms with van der Waals surface area (Å²) >= 11 is 0. The van der Waals surface area contributed by atoms with Crippen molar-refractivity contribution in [2.24, 2.45) is 0 Å². The molecule has 0 bridgehead atoms. The zero-order valence-corrected chi connectivity index (χ0v) is 14.7. The molecule has 1 aliphatic carbocycles. The first-order valence-electron chi connectivity index (χ1n) is 8.21. The van der Waals surface area contributed by atoms with Crippen molar-refractivity contribution in [3.8, 4) is 11.1 Å². The lowest BCUT2D eigenvalue weighted by Gasteiger charge is -2.21. The average Bonchev–Trinajstić information content (AvgIpc) is 2.70. The average molecular weight is 291 g/mol. The summed E-state index contributed by atoms with van der Waals surface area (Å²) in [5.41, 5.74) is 8.65. The molecule has 0 saturated heterocycles. The second kappa shape index (κ2) is 4.72. The van der Waals surface area contributed by atoms with Crippen LogP contribution in [0.5, 0.6) is 0 Å². The highest BCUT2D eigenvalue weighted by molar-refractivity contribution is 5.80. The van der Waals surface area contributed by atoms with Gasteiger partial charge in [0, 0.05) is 5.92 Å². The lowest BCUT2D eigenvalue weighted by Crippen LogP contribution is -2.11. The molecule has 0 aliphatic heterocycles. The van der Waals surface area contributed by atoms with Crippen LogP contribution in [-0.2, 0) is 10.8 Å². The Labute approximate surface area is 135 Å². The normalized spacial score (nSPS) is 17.3. The Morgan fingerprint density at radius 1 is 0.682 bits per heavy atom. The van der Waals surface area contributed by atoms with E-state index in [1.165, 1.54) is 33.4 Å². The zero-order chi connectivity index (χ0) is 16.3. The van der Waals surface area contributed by atoms with Gasteiger partial charge in [-0.15, -0.1) is 0 Å². The largest absolute Gasteiger partial charge is 0.0582 e. The molecule has 115 valence electrons. The third-order valence-electron chi connectivity index (χ3n) is 4.88. The van der Waals surface area contributed by atoms with Crippen molar-refractivity contribution < 1.29 is 0 Å². The molecule has 0 nitrogen and oxygen atoms in total. The molecular weight excluding hydrogens is 264 g/mol. The Morgan fingerprint density at radius 3 is 1.82 bits per heavy atom.